The average molecular weight is 431 g/mol. The summed E-state index contributed by atoms with van der Waals surface area (Å²) in [6, 6.07) is 2.19. The molecule has 2 nitrogen and oxygen atoms in total. The van der Waals surface area contributed by atoms with Crippen molar-refractivity contribution in [1.29, 1.82) is 0 Å². The van der Waals surface area contributed by atoms with Crippen LogP contribution in [0, 0.1) is 9.39 Å². The van der Waals surface area contributed by atoms with Gasteiger partial charge in [0.15, 0.2) is 5.82 Å². The molecule has 1 aromatic heterocycles. The molecule has 0 N–H and O–H groups in total. The summed E-state index contributed by atoms with van der Waals surface area (Å²) in [7, 11) is 0. The summed E-state index contributed by atoms with van der Waals surface area (Å²) < 4.78 is 52.2. The van der Waals surface area contributed by atoms with Crippen LogP contribution in [0.5, 0.6) is 0 Å². The Hall–Kier alpha value is -0.960. The number of hydrogen-bond donors (Lipinski definition) is 0. The number of alkyl halides is 3. The van der Waals surface area contributed by atoms with Crippen molar-refractivity contribution < 1.29 is 17.6 Å². The highest BCUT2D eigenvalue weighted by Crippen LogP contribution is 2.33. The molecule has 0 radical (unpaired) electrons. The average Bonchev–Trinajstić information content (AvgIpc) is 2.40. The van der Waals surface area contributed by atoms with Crippen molar-refractivity contribution in [2.24, 2.45) is 0 Å². The maximum Gasteiger partial charge on any atom is 0.416 e. The minimum absolute atomic E-state index is 0.0257. The van der Waals surface area contributed by atoms with Gasteiger partial charge in [0, 0.05) is 5.56 Å². The molecule has 0 unspecified atom stereocenters. The summed E-state index contributed by atoms with van der Waals surface area (Å²) in [5, 5.41) is 0.135. The van der Waals surface area contributed by atoms with E-state index in [4.69, 9.17) is 11.6 Å². The molecule has 0 aliphatic heterocycles. The molecule has 0 aliphatic rings. The first-order chi connectivity index (χ1) is 9.72. The molecule has 2 rings (SSSR count). The Morgan fingerprint density at radius 1 is 1.19 bits per heavy atom. The Labute approximate surface area is 136 Å². The molecule has 0 spiro atoms. The van der Waals surface area contributed by atoms with E-state index in [-0.39, 0.29) is 16.5 Å². The highest BCUT2D eigenvalue weighted by Gasteiger charge is 2.31. The van der Waals surface area contributed by atoms with Crippen LogP contribution in [0.3, 0.4) is 0 Å². The van der Waals surface area contributed by atoms with Crippen molar-refractivity contribution in [3.05, 3.63) is 44.0 Å². The molecule has 0 saturated carbocycles. The Morgan fingerprint density at radius 3 is 2.43 bits per heavy atom. The number of nitrogens with zero attached hydrogens (tertiary/aromatic N) is 2. The van der Waals surface area contributed by atoms with E-state index in [1.54, 1.807) is 0 Å². The molecule has 21 heavy (non-hydrogen) atoms. The first-order valence-electron chi connectivity index (χ1n) is 5.82. The highest BCUT2D eigenvalue weighted by atomic mass is 127. The molecule has 1 heterocycles. The smallest absolute Gasteiger partial charge is 0.232 e. The summed E-state index contributed by atoms with van der Waals surface area (Å²) in [4.78, 5) is 8.08. The normalized spacial score (nSPS) is 11.8. The van der Waals surface area contributed by atoms with Crippen LogP contribution in [-0.4, -0.2) is 9.97 Å². The Balaban J connectivity index is 2.62. The van der Waals surface area contributed by atoms with Crippen LogP contribution in [0.2, 0.25) is 5.15 Å². The van der Waals surface area contributed by atoms with Gasteiger partial charge in [-0.15, -0.1) is 0 Å². The van der Waals surface area contributed by atoms with Gasteiger partial charge in [0.2, 0.25) is 0 Å². The minimum Gasteiger partial charge on any atom is -0.232 e. The molecule has 8 heteroatoms. The molecule has 112 valence electrons. The van der Waals surface area contributed by atoms with E-state index in [1.165, 1.54) is 0 Å². The van der Waals surface area contributed by atoms with Crippen molar-refractivity contribution in [1.82, 2.24) is 9.97 Å². The van der Waals surface area contributed by atoms with Crippen LogP contribution in [0.15, 0.2) is 18.2 Å². The lowest BCUT2D eigenvalue weighted by Gasteiger charge is -2.10. The maximum absolute atomic E-state index is 13.4. The van der Waals surface area contributed by atoms with Crippen molar-refractivity contribution >= 4 is 34.2 Å². The zero-order valence-electron chi connectivity index (χ0n) is 10.6. The maximum atomic E-state index is 13.4. The lowest BCUT2D eigenvalue weighted by molar-refractivity contribution is -0.137. The minimum atomic E-state index is -4.64. The number of aryl methyl sites for hydroxylation is 1. The standard InChI is InChI=1S/C13H8ClF4IN2/c1-2-9-10(19)11(14)21-12(20-9)6-3-7(13(16,17)18)5-8(15)4-6/h3-5H,2H2,1H3. The van der Waals surface area contributed by atoms with Gasteiger partial charge in [-0.3, -0.25) is 0 Å². The SMILES string of the molecule is CCc1nc(-c2cc(F)cc(C(F)(F)F)c2)nc(Cl)c1I. The second-order valence-electron chi connectivity index (χ2n) is 4.18. The second-order valence-corrected chi connectivity index (χ2v) is 5.62. The molecule has 0 bridgehead atoms. The summed E-state index contributed by atoms with van der Waals surface area (Å²) in [5.41, 5.74) is -0.549. The molecule has 0 amide bonds. The van der Waals surface area contributed by atoms with Gasteiger partial charge in [-0.05, 0) is 47.2 Å². The van der Waals surface area contributed by atoms with Crippen molar-refractivity contribution in [2.45, 2.75) is 19.5 Å². The number of aromatic nitrogens is 2. The quantitative estimate of drug-likeness (QED) is 0.375. The van der Waals surface area contributed by atoms with Crippen LogP contribution in [0.1, 0.15) is 18.2 Å². The first kappa shape index (κ1) is 16.4. The van der Waals surface area contributed by atoms with E-state index >= 15 is 0 Å². The molecule has 0 saturated heterocycles. The molecule has 0 atom stereocenters. The zero-order valence-corrected chi connectivity index (χ0v) is 13.5. The highest BCUT2D eigenvalue weighted by molar-refractivity contribution is 14.1. The number of benzene rings is 1. The fourth-order valence-electron chi connectivity index (χ4n) is 1.71. The van der Waals surface area contributed by atoms with Gasteiger partial charge in [-0.2, -0.15) is 13.2 Å². The van der Waals surface area contributed by atoms with Gasteiger partial charge in [-0.25, -0.2) is 14.4 Å². The Kier molecular flexibility index (Phi) is 4.72. The van der Waals surface area contributed by atoms with E-state index in [0.717, 1.165) is 12.1 Å². The lowest BCUT2D eigenvalue weighted by atomic mass is 10.1. The van der Waals surface area contributed by atoms with Crippen LogP contribution in [-0.2, 0) is 12.6 Å². The largest absolute Gasteiger partial charge is 0.416 e. The Bertz CT molecular complexity index is 689. The van der Waals surface area contributed by atoms with E-state index in [9.17, 15) is 17.6 Å². The fraction of sp³-hybridized carbons (Fsp3) is 0.231. The number of halogens is 6. The number of rotatable bonds is 2. The fourth-order valence-corrected chi connectivity index (χ4v) is 2.52. The molecule has 2 aromatic rings. The van der Waals surface area contributed by atoms with Crippen LogP contribution >= 0.6 is 34.2 Å². The predicted octanol–water partition coefficient (Wildman–Crippen LogP) is 5.12. The second kappa shape index (κ2) is 6.04. The van der Waals surface area contributed by atoms with Crippen molar-refractivity contribution in [2.75, 3.05) is 0 Å². The van der Waals surface area contributed by atoms with Gasteiger partial charge < -0.3 is 0 Å². The van der Waals surface area contributed by atoms with Gasteiger partial charge in [0.05, 0.1) is 14.8 Å². The lowest BCUT2D eigenvalue weighted by Crippen LogP contribution is -2.06. The third kappa shape index (κ3) is 3.63. The summed E-state index contributed by atoms with van der Waals surface area (Å²) in [6.07, 6.45) is -4.10. The monoisotopic (exact) mass is 430 g/mol. The van der Waals surface area contributed by atoms with Crippen molar-refractivity contribution in [3.63, 3.8) is 0 Å². The predicted molar refractivity (Wildman–Crippen MR) is 79.5 cm³/mol. The van der Waals surface area contributed by atoms with E-state index < -0.39 is 17.6 Å². The van der Waals surface area contributed by atoms with Crippen LogP contribution in [0.4, 0.5) is 17.6 Å². The van der Waals surface area contributed by atoms with Crippen LogP contribution in [0.25, 0.3) is 11.4 Å². The summed E-state index contributed by atoms with van der Waals surface area (Å²) in [6.45, 7) is 1.83. The van der Waals surface area contributed by atoms with Crippen LogP contribution < -0.4 is 0 Å². The summed E-state index contributed by atoms with van der Waals surface area (Å²) in [5.74, 6) is -1.03. The molecule has 1 aromatic carbocycles. The van der Waals surface area contributed by atoms with Gasteiger partial charge in [0.1, 0.15) is 11.0 Å². The van der Waals surface area contributed by atoms with Gasteiger partial charge in [0.25, 0.3) is 0 Å². The molecule has 0 aliphatic carbocycles. The third-order valence-corrected chi connectivity index (χ3v) is 4.42. The molecular weight excluding hydrogens is 423 g/mol. The zero-order chi connectivity index (χ0) is 15.8. The first-order valence-corrected chi connectivity index (χ1v) is 7.28. The third-order valence-electron chi connectivity index (χ3n) is 2.70. The van der Waals surface area contributed by atoms with E-state index in [0.29, 0.717) is 21.8 Å². The van der Waals surface area contributed by atoms with Gasteiger partial charge in [-0.1, -0.05) is 18.5 Å². The number of hydrogen-bond acceptors (Lipinski definition) is 2. The van der Waals surface area contributed by atoms with Crippen molar-refractivity contribution in [3.8, 4) is 11.4 Å². The van der Waals surface area contributed by atoms with Gasteiger partial charge >= 0.3 is 6.18 Å². The Morgan fingerprint density at radius 2 is 1.86 bits per heavy atom. The molecule has 0 fully saturated rings. The summed E-state index contributed by atoms with van der Waals surface area (Å²) >= 11 is 7.90. The van der Waals surface area contributed by atoms with E-state index in [2.05, 4.69) is 9.97 Å². The topological polar surface area (TPSA) is 25.8 Å². The van der Waals surface area contributed by atoms with E-state index in [1.807, 2.05) is 29.5 Å². The molecular formula is C13H8ClF4IN2.